The van der Waals surface area contributed by atoms with Crippen molar-refractivity contribution >= 4 is 10.2 Å². The molecule has 0 aromatic heterocycles. The van der Waals surface area contributed by atoms with Crippen molar-refractivity contribution in [1.29, 1.82) is 0 Å². The molecule has 19 heavy (non-hydrogen) atoms. The lowest BCUT2D eigenvalue weighted by atomic mass is 10.1. The molecule has 6 heteroatoms. The normalized spacial score (nSPS) is 14.3. The number of benzene rings is 1. The third-order valence-corrected chi connectivity index (χ3v) is 3.83. The molecule has 0 fully saturated rings. The van der Waals surface area contributed by atoms with Gasteiger partial charge in [-0.05, 0) is 32.8 Å². The summed E-state index contributed by atoms with van der Waals surface area (Å²) >= 11 is 0. The van der Waals surface area contributed by atoms with Crippen LogP contribution in [0.15, 0.2) is 30.3 Å². The van der Waals surface area contributed by atoms with Gasteiger partial charge < -0.3 is 5.11 Å². The first-order chi connectivity index (χ1) is 8.72. The van der Waals surface area contributed by atoms with Gasteiger partial charge in [-0.3, -0.25) is 0 Å². The Morgan fingerprint density at radius 3 is 2.26 bits per heavy atom. The molecule has 0 heterocycles. The molecule has 0 aliphatic heterocycles. The number of nitrogens with one attached hydrogen (secondary N) is 2. The summed E-state index contributed by atoms with van der Waals surface area (Å²) in [4.78, 5) is 0. The highest BCUT2D eigenvalue weighted by Gasteiger charge is 2.22. The van der Waals surface area contributed by atoms with E-state index in [1.165, 1.54) is 0 Å². The molecule has 0 saturated carbocycles. The van der Waals surface area contributed by atoms with Gasteiger partial charge in [0.2, 0.25) is 0 Å². The van der Waals surface area contributed by atoms with E-state index in [0.717, 1.165) is 5.56 Å². The average molecular weight is 286 g/mol. The Hall–Kier alpha value is -0.950. The van der Waals surface area contributed by atoms with Crippen LogP contribution < -0.4 is 9.44 Å². The van der Waals surface area contributed by atoms with Gasteiger partial charge in [0.1, 0.15) is 0 Å². The van der Waals surface area contributed by atoms with Crippen LogP contribution in [0.5, 0.6) is 0 Å². The van der Waals surface area contributed by atoms with Crippen molar-refractivity contribution in [2.45, 2.75) is 38.8 Å². The maximum Gasteiger partial charge on any atom is 0.277 e. The Balaban J connectivity index is 2.67. The van der Waals surface area contributed by atoms with Gasteiger partial charge in [-0.25, -0.2) is 0 Å². The highest BCUT2D eigenvalue weighted by atomic mass is 32.2. The zero-order valence-corrected chi connectivity index (χ0v) is 12.4. The van der Waals surface area contributed by atoms with E-state index in [-0.39, 0.29) is 6.61 Å². The maximum atomic E-state index is 11.9. The Labute approximate surface area is 115 Å². The molecule has 5 nitrogen and oxygen atoms in total. The monoisotopic (exact) mass is 286 g/mol. The van der Waals surface area contributed by atoms with E-state index < -0.39 is 21.8 Å². The van der Waals surface area contributed by atoms with Crippen LogP contribution in [-0.2, 0) is 16.6 Å². The highest BCUT2D eigenvalue weighted by Crippen LogP contribution is 2.05. The predicted molar refractivity (Wildman–Crippen MR) is 76.0 cm³/mol. The minimum absolute atomic E-state index is 0.250. The minimum atomic E-state index is -3.63. The summed E-state index contributed by atoms with van der Waals surface area (Å²) in [5.74, 6) is 0. The van der Waals surface area contributed by atoms with Gasteiger partial charge >= 0.3 is 0 Å². The van der Waals surface area contributed by atoms with E-state index in [1.54, 1.807) is 20.8 Å². The molecule has 3 N–H and O–H groups in total. The van der Waals surface area contributed by atoms with Gasteiger partial charge in [-0.1, -0.05) is 30.3 Å². The second kappa shape index (κ2) is 6.47. The number of hydrogen-bond acceptors (Lipinski definition) is 3. The zero-order chi connectivity index (χ0) is 14.5. The van der Waals surface area contributed by atoms with Gasteiger partial charge in [0, 0.05) is 5.54 Å². The van der Waals surface area contributed by atoms with Crippen molar-refractivity contribution in [2.24, 2.45) is 0 Å². The molecule has 0 radical (unpaired) electrons. The van der Waals surface area contributed by atoms with Crippen LogP contribution in [0.3, 0.4) is 0 Å². The molecule has 0 saturated heterocycles. The summed E-state index contributed by atoms with van der Waals surface area (Å²) in [6.07, 6.45) is 0.447. The molecule has 1 aromatic carbocycles. The molecule has 0 bridgehead atoms. The van der Waals surface area contributed by atoms with Crippen molar-refractivity contribution in [2.75, 3.05) is 6.61 Å². The van der Waals surface area contributed by atoms with Crippen LogP contribution >= 0.6 is 0 Å². The van der Waals surface area contributed by atoms with Crippen LogP contribution in [-0.4, -0.2) is 31.7 Å². The Morgan fingerprint density at radius 1 is 1.21 bits per heavy atom. The van der Waals surface area contributed by atoms with Gasteiger partial charge in [0.05, 0.1) is 12.6 Å². The predicted octanol–water partition coefficient (Wildman–Crippen LogP) is 0.813. The topological polar surface area (TPSA) is 78.4 Å². The Kier molecular flexibility index (Phi) is 5.49. The lowest BCUT2D eigenvalue weighted by Gasteiger charge is -2.23. The standard InChI is InChI=1S/C13H22N2O3S/c1-13(2,3)15-19(17,18)14-12(10-16)9-11-7-5-4-6-8-11/h4-8,12,14-16H,9-10H2,1-3H3/t12-/m1/s1. The molecule has 0 aliphatic carbocycles. The lowest BCUT2D eigenvalue weighted by molar-refractivity contribution is 0.255. The Bertz CT molecular complexity index is 480. The molecular formula is C13H22N2O3S. The van der Waals surface area contributed by atoms with Crippen molar-refractivity contribution in [1.82, 2.24) is 9.44 Å². The molecule has 1 rings (SSSR count). The van der Waals surface area contributed by atoms with E-state index in [4.69, 9.17) is 0 Å². The summed E-state index contributed by atoms with van der Waals surface area (Å²) in [6.45, 7) is 5.03. The fourth-order valence-corrected chi connectivity index (χ4v) is 3.16. The summed E-state index contributed by atoms with van der Waals surface area (Å²) in [5, 5.41) is 9.29. The second-order valence-corrected chi connectivity index (χ2v) is 6.99. The van der Waals surface area contributed by atoms with E-state index in [1.807, 2.05) is 30.3 Å². The molecule has 0 amide bonds. The second-order valence-electron chi connectivity index (χ2n) is 5.54. The molecular weight excluding hydrogens is 264 g/mol. The first kappa shape index (κ1) is 16.1. The Morgan fingerprint density at radius 2 is 1.79 bits per heavy atom. The smallest absolute Gasteiger partial charge is 0.277 e. The van der Waals surface area contributed by atoms with Crippen LogP contribution in [0.25, 0.3) is 0 Å². The molecule has 0 spiro atoms. The fourth-order valence-electron chi connectivity index (χ4n) is 1.69. The summed E-state index contributed by atoms with van der Waals surface area (Å²) in [7, 11) is -3.63. The summed E-state index contributed by atoms with van der Waals surface area (Å²) < 4.78 is 28.7. The van der Waals surface area contributed by atoms with Crippen LogP contribution in [0.1, 0.15) is 26.3 Å². The lowest BCUT2D eigenvalue weighted by Crippen LogP contribution is -2.51. The number of hydrogen-bond donors (Lipinski definition) is 3. The summed E-state index contributed by atoms with van der Waals surface area (Å²) in [5.41, 5.74) is 0.415. The van der Waals surface area contributed by atoms with Crippen molar-refractivity contribution in [3.05, 3.63) is 35.9 Å². The van der Waals surface area contributed by atoms with Gasteiger partial charge in [-0.2, -0.15) is 17.9 Å². The van der Waals surface area contributed by atoms with Crippen LogP contribution in [0.4, 0.5) is 0 Å². The number of rotatable bonds is 6. The number of aliphatic hydroxyl groups is 1. The summed E-state index contributed by atoms with van der Waals surface area (Å²) in [6, 6.07) is 8.91. The minimum Gasteiger partial charge on any atom is -0.395 e. The SMILES string of the molecule is CC(C)(C)NS(=O)(=O)N[C@@H](CO)Cc1ccccc1. The van der Waals surface area contributed by atoms with E-state index in [2.05, 4.69) is 9.44 Å². The third-order valence-electron chi connectivity index (χ3n) is 2.31. The fraction of sp³-hybridized carbons (Fsp3) is 0.538. The molecule has 1 atom stereocenters. The third kappa shape index (κ3) is 6.68. The van der Waals surface area contributed by atoms with Gasteiger partial charge in [0.25, 0.3) is 10.2 Å². The van der Waals surface area contributed by atoms with Crippen molar-refractivity contribution < 1.29 is 13.5 Å². The van der Waals surface area contributed by atoms with Crippen LogP contribution in [0.2, 0.25) is 0 Å². The first-order valence-electron chi connectivity index (χ1n) is 6.18. The van der Waals surface area contributed by atoms with E-state index in [9.17, 15) is 13.5 Å². The molecule has 108 valence electrons. The van der Waals surface area contributed by atoms with E-state index >= 15 is 0 Å². The quantitative estimate of drug-likeness (QED) is 0.724. The average Bonchev–Trinajstić information content (AvgIpc) is 2.25. The van der Waals surface area contributed by atoms with Crippen molar-refractivity contribution in [3.63, 3.8) is 0 Å². The highest BCUT2D eigenvalue weighted by molar-refractivity contribution is 7.87. The zero-order valence-electron chi connectivity index (χ0n) is 11.6. The van der Waals surface area contributed by atoms with Gasteiger partial charge in [0.15, 0.2) is 0 Å². The number of aliphatic hydroxyl groups excluding tert-OH is 1. The van der Waals surface area contributed by atoms with E-state index in [0.29, 0.717) is 6.42 Å². The van der Waals surface area contributed by atoms with Gasteiger partial charge in [-0.15, -0.1) is 0 Å². The first-order valence-corrected chi connectivity index (χ1v) is 7.66. The molecule has 0 unspecified atom stereocenters. The largest absolute Gasteiger partial charge is 0.395 e. The maximum absolute atomic E-state index is 11.9. The molecule has 0 aliphatic rings. The van der Waals surface area contributed by atoms with Crippen molar-refractivity contribution in [3.8, 4) is 0 Å². The van der Waals surface area contributed by atoms with Crippen LogP contribution in [0, 0.1) is 0 Å². The molecule has 1 aromatic rings.